The van der Waals surface area contributed by atoms with Crippen molar-refractivity contribution in [3.8, 4) is 0 Å². The number of allylic oxidation sites excluding steroid dienone is 1. The van der Waals surface area contributed by atoms with E-state index in [9.17, 15) is 31.7 Å². The number of amides is 1. The van der Waals surface area contributed by atoms with Gasteiger partial charge in [0.2, 0.25) is 0 Å². The van der Waals surface area contributed by atoms with Crippen molar-refractivity contribution in [2.45, 2.75) is 55.9 Å². The van der Waals surface area contributed by atoms with Crippen LogP contribution in [0.25, 0.3) is 16.6 Å². The number of aromatic amines is 1. The number of nitro groups is 1. The zero-order chi connectivity index (χ0) is 46.4. The third-order valence-corrected chi connectivity index (χ3v) is 16.0. The molecule has 17 nitrogen and oxygen atoms in total. The normalized spacial score (nSPS) is 19.1. The summed E-state index contributed by atoms with van der Waals surface area (Å²) in [6, 6.07) is 20.0. The Bertz CT molecular complexity index is 2950. The number of carbonyl (C=O) groups is 1. The van der Waals surface area contributed by atoms with Crippen LogP contribution in [-0.4, -0.2) is 102 Å². The number of hydrogen-bond acceptors (Lipinski definition) is 13. The fraction of sp³-hybridized carbons (Fsp3) is 0.391. The first kappa shape index (κ1) is 45.6. The van der Waals surface area contributed by atoms with Gasteiger partial charge in [0.1, 0.15) is 11.3 Å². The molecule has 20 heteroatoms. The van der Waals surface area contributed by atoms with Gasteiger partial charge in [-0.25, -0.2) is 26.5 Å². The highest BCUT2D eigenvalue weighted by Gasteiger charge is 2.35. The van der Waals surface area contributed by atoms with Crippen LogP contribution in [0.5, 0.6) is 0 Å². The second-order valence-corrected chi connectivity index (χ2v) is 22.0. The number of hydrogen-bond donors (Lipinski definition) is 4. The van der Waals surface area contributed by atoms with Crippen molar-refractivity contribution in [1.82, 2.24) is 24.3 Å². The molecule has 348 valence electrons. The van der Waals surface area contributed by atoms with Crippen molar-refractivity contribution < 1.29 is 31.3 Å². The number of ether oxygens (including phenoxy) is 1. The van der Waals surface area contributed by atoms with Gasteiger partial charge in [0.15, 0.2) is 5.03 Å². The van der Waals surface area contributed by atoms with Crippen molar-refractivity contribution in [1.29, 1.82) is 0 Å². The van der Waals surface area contributed by atoms with Crippen molar-refractivity contribution in [3.63, 3.8) is 0 Å². The van der Waals surface area contributed by atoms with E-state index in [0.29, 0.717) is 48.9 Å². The molecule has 3 aromatic carbocycles. The molecule has 5 aromatic rings. The van der Waals surface area contributed by atoms with E-state index in [0.717, 1.165) is 63.5 Å². The van der Waals surface area contributed by atoms with Crippen LogP contribution in [0.3, 0.4) is 0 Å². The molecule has 0 radical (unpaired) electrons. The Morgan fingerprint density at radius 2 is 1.76 bits per heavy atom. The number of nitrogens with one attached hydrogen (secondary N) is 4. The molecule has 0 bridgehead atoms. The summed E-state index contributed by atoms with van der Waals surface area (Å²) in [5.41, 5.74) is 5.34. The molecular formula is C46H52ClN9O8S2. The third-order valence-electron chi connectivity index (χ3n) is 13.1. The van der Waals surface area contributed by atoms with Gasteiger partial charge in [0.05, 0.1) is 33.4 Å². The minimum Gasteiger partial charge on any atom is -0.381 e. The van der Waals surface area contributed by atoms with Crippen LogP contribution in [0.4, 0.5) is 28.4 Å². The summed E-state index contributed by atoms with van der Waals surface area (Å²) in [7, 11) is -8.73. The molecule has 4 aliphatic rings. The maximum Gasteiger partial charge on any atom is 0.293 e. The number of pyridine rings is 1. The van der Waals surface area contributed by atoms with Crippen molar-refractivity contribution in [3.05, 3.63) is 111 Å². The number of carbonyl (C=O) groups excluding carboxylic acids is 1. The van der Waals surface area contributed by atoms with Crippen LogP contribution >= 0.6 is 11.6 Å². The minimum atomic E-state index is -4.66. The maximum absolute atomic E-state index is 14.3. The molecule has 2 fully saturated rings. The molecule has 4 N–H and O–H groups in total. The van der Waals surface area contributed by atoms with Gasteiger partial charge < -0.3 is 24.8 Å². The van der Waals surface area contributed by atoms with Crippen molar-refractivity contribution >= 4 is 82.6 Å². The van der Waals surface area contributed by atoms with Crippen LogP contribution in [0.1, 0.15) is 61.9 Å². The third kappa shape index (κ3) is 9.63. The quantitative estimate of drug-likeness (QED) is 0.0718. The van der Waals surface area contributed by atoms with E-state index in [2.05, 4.69) is 60.5 Å². The van der Waals surface area contributed by atoms with Crippen LogP contribution in [0, 0.1) is 21.4 Å². The van der Waals surface area contributed by atoms with Gasteiger partial charge in [-0.3, -0.25) is 19.8 Å². The molecule has 3 aliphatic heterocycles. The standard InChI is InChI=1S/C46H52ClN9O8S2/c1-46(2)15-11-33(38(26-46)31-3-5-34(47)6-4-31)28-53-17-19-54(20-18-53)35-7-9-37(40(24-35)55-29-50-66(62,63)45-42(55)23-32-12-16-48-43(32)51-45)44(57)52-65(60,61)36-8-10-39(41(25-36)56(58)59)49-27-30-13-21-64-22-14-30/h3-10,12,16,23-25,30,49-50H,11,13-15,17-22,26-29H2,1-2H3,(H,48,51)(H,52,57). The lowest BCUT2D eigenvalue weighted by Gasteiger charge is -2.40. The molecule has 0 unspecified atom stereocenters. The summed E-state index contributed by atoms with van der Waals surface area (Å²) in [5.74, 6) is -0.776. The molecule has 0 saturated carbocycles. The van der Waals surface area contributed by atoms with Gasteiger partial charge in [-0.1, -0.05) is 43.2 Å². The first-order valence-corrected chi connectivity index (χ1v) is 25.4. The second kappa shape index (κ2) is 18.3. The summed E-state index contributed by atoms with van der Waals surface area (Å²) in [5, 5.41) is 16.3. The Hall–Kier alpha value is -5.57. The predicted octanol–water partition coefficient (Wildman–Crippen LogP) is 7.26. The zero-order valence-corrected chi connectivity index (χ0v) is 39.1. The summed E-state index contributed by atoms with van der Waals surface area (Å²) >= 11 is 6.25. The summed E-state index contributed by atoms with van der Waals surface area (Å²) in [6.07, 6.45) is 6.33. The van der Waals surface area contributed by atoms with E-state index >= 15 is 0 Å². The highest BCUT2D eigenvalue weighted by Crippen LogP contribution is 2.44. The van der Waals surface area contributed by atoms with Crippen LogP contribution in [0.15, 0.2) is 94.5 Å². The Kier molecular flexibility index (Phi) is 12.6. The molecule has 2 saturated heterocycles. The van der Waals surface area contributed by atoms with Gasteiger partial charge in [-0.2, -0.15) is 4.72 Å². The number of nitro benzene ring substituents is 1. The fourth-order valence-electron chi connectivity index (χ4n) is 9.31. The molecule has 0 atom stereocenters. The van der Waals surface area contributed by atoms with Gasteiger partial charge in [-0.15, -0.1) is 0 Å². The molecule has 9 rings (SSSR count). The van der Waals surface area contributed by atoms with E-state index < -0.39 is 41.5 Å². The van der Waals surface area contributed by atoms with Crippen molar-refractivity contribution in [2.75, 3.05) is 74.3 Å². The average molecular weight is 959 g/mol. The number of halogens is 1. The summed E-state index contributed by atoms with van der Waals surface area (Å²) in [4.78, 5) is 39.0. The second-order valence-electron chi connectivity index (χ2n) is 18.2. The van der Waals surface area contributed by atoms with Crippen molar-refractivity contribution in [2.24, 2.45) is 11.3 Å². The molecule has 2 aromatic heterocycles. The van der Waals surface area contributed by atoms with Gasteiger partial charge in [0.25, 0.3) is 31.6 Å². The van der Waals surface area contributed by atoms with E-state index in [1.807, 2.05) is 12.1 Å². The number of piperazine rings is 1. The fourth-order valence-corrected chi connectivity index (χ4v) is 11.5. The van der Waals surface area contributed by atoms with Gasteiger partial charge in [-0.05, 0) is 109 Å². The lowest BCUT2D eigenvalue weighted by Crippen LogP contribution is -2.47. The first-order valence-electron chi connectivity index (χ1n) is 22.0. The Balaban J connectivity index is 0.999. The van der Waals surface area contributed by atoms with E-state index in [-0.39, 0.29) is 45.7 Å². The number of H-pyrrole nitrogens is 1. The average Bonchev–Trinajstić information content (AvgIpc) is 3.77. The lowest BCUT2D eigenvalue weighted by atomic mass is 9.72. The molecule has 1 amide bonds. The summed E-state index contributed by atoms with van der Waals surface area (Å²) < 4.78 is 64.6. The topological polar surface area (TPSA) is 212 Å². The predicted molar refractivity (Wildman–Crippen MR) is 254 cm³/mol. The molecule has 1 aliphatic carbocycles. The van der Waals surface area contributed by atoms with Crippen LogP contribution in [-0.2, 0) is 24.8 Å². The molecule has 0 spiro atoms. The number of fused-ring (bicyclic) bond motifs is 2. The number of sulfonamides is 2. The van der Waals surface area contributed by atoms with Gasteiger partial charge >= 0.3 is 0 Å². The van der Waals surface area contributed by atoms with E-state index in [4.69, 9.17) is 16.3 Å². The SMILES string of the molecule is CC1(C)CCC(CN2CCN(c3ccc(C(=O)NS(=O)(=O)c4ccc(NCC5CCOCC5)c([N+](=O)[O-])c4)c(N4CNS(=O)(=O)c5nc6[nH]ccc6cc54)c3)CC2)=C(c2ccc(Cl)cc2)C1. The number of anilines is 4. The van der Waals surface area contributed by atoms with E-state index in [1.165, 1.54) is 34.9 Å². The summed E-state index contributed by atoms with van der Waals surface area (Å²) in [6.45, 7) is 9.66. The smallest absolute Gasteiger partial charge is 0.293 e. The number of aromatic nitrogens is 2. The highest BCUT2D eigenvalue weighted by molar-refractivity contribution is 7.90. The maximum atomic E-state index is 14.3. The highest BCUT2D eigenvalue weighted by atomic mass is 35.5. The van der Waals surface area contributed by atoms with Crippen LogP contribution < -0.4 is 24.6 Å². The number of nitrogens with zero attached hydrogens (tertiary/aromatic N) is 5. The number of benzene rings is 3. The Morgan fingerprint density at radius 3 is 2.50 bits per heavy atom. The largest absolute Gasteiger partial charge is 0.381 e. The number of rotatable bonds is 12. The zero-order valence-electron chi connectivity index (χ0n) is 36.7. The monoisotopic (exact) mass is 957 g/mol. The molecular weight excluding hydrogens is 906 g/mol. The molecule has 5 heterocycles. The lowest BCUT2D eigenvalue weighted by molar-refractivity contribution is -0.384. The first-order chi connectivity index (χ1) is 31.5. The van der Waals surface area contributed by atoms with E-state index in [1.54, 1.807) is 35.4 Å². The Labute approximate surface area is 388 Å². The van der Waals surface area contributed by atoms with Crippen LogP contribution in [0.2, 0.25) is 5.02 Å². The minimum absolute atomic E-state index is 0.0756. The van der Waals surface area contributed by atoms with Gasteiger partial charge in [0, 0.05) is 80.8 Å². The Morgan fingerprint density at radius 1 is 1.00 bits per heavy atom. The molecule has 66 heavy (non-hydrogen) atoms.